The van der Waals surface area contributed by atoms with Crippen LogP contribution in [0.1, 0.15) is 123 Å². The monoisotopic (exact) mass is 556 g/mol. The number of carbonyl (C=O) groups is 1. The summed E-state index contributed by atoms with van der Waals surface area (Å²) in [4.78, 5) is 12.0. The zero-order valence-electron chi connectivity index (χ0n) is 25.8. The Morgan fingerprint density at radius 2 is 1.12 bits per heavy atom. The summed E-state index contributed by atoms with van der Waals surface area (Å²) in [5, 5.41) is 9.49. The van der Waals surface area contributed by atoms with Gasteiger partial charge in [0.25, 0.3) is 0 Å². The first kappa shape index (κ1) is 37.8. The zero-order valence-corrected chi connectivity index (χ0v) is 25.8. The molecular formula is C36H60O4. The van der Waals surface area contributed by atoms with E-state index in [1.807, 2.05) is 12.2 Å². The fourth-order valence-corrected chi connectivity index (χ4v) is 3.92. The molecule has 0 rings (SSSR count). The van der Waals surface area contributed by atoms with Crippen molar-refractivity contribution in [2.75, 3.05) is 19.8 Å². The summed E-state index contributed by atoms with van der Waals surface area (Å²) in [6.07, 6.45) is 43.8. The van der Waals surface area contributed by atoms with Crippen molar-refractivity contribution >= 4 is 5.97 Å². The topological polar surface area (TPSA) is 55.8 Å². The molecule has 1 unspecified atom stereocenters. The molecule has 0 aliphatic carbocycles. The SMILES string of the molecule is CC/C=C\C/C=C\C/C=C\C/C=C\C/C=C\CC(=O)OC(CO)COCCCCCCCC/C=C\CCCCC. The van der Waals surface area contributed by atoms with E-state index in [1.54, 1.807) is 0 Å². The lowest BCUT2D eigenvalue weighted by molar-refractivity contribution is -0.153. The third-order valence-corrected chi connectivity index (χ3v) is 6.30. The summed E-state index contributed by atoms with van der Waals surface area (Å²) in [5.74, 6) is -0.333. The van der Waals surface area contributed by atoms with Gasteiger partial charge in [-0.2, -0.15) is 0 Å². The molecule has 0 saturated heterocycles. The first-order chi connectivity index (χ1) is 19.7. The molecule has 0 aromatic carbocycles. The maximum atomic E-state index is 12.0. The normalized spacial score (nSPS) is 13.4. The Morgan fingerprint density at radius 3 is 1.68 bits per heavy atom. The number of hydrogen-bond donors (Lipinski definition) is 1. The molecule has 4 nitrogen and oxygen atoms in total. The van der Waals surface area contributed by atoms with Gasteiger partial charge in [-0.05, 0) is 64.2 Å². The molecule has 0 aliphatic rings. The quantitative estimate of drug-likeness (QED) is 0.0592. The number of aliphatic hydroxyl groups excluding tert-OH is 1. The van der Waals surface area contributed by atoms with E-state index in [1.165, 1.54) is 57.8 Å². The molecule has 228 valence electrons. The minimum Gasteiger partial charge on any atom is -0.457 e. The average Bonchev–Trinajstić information content (AvgIpc) is 2.96. The van der Waals surface area contributed by atoms with E-state index < -0.39 is 6.10 Å². The minimum atomic E-state index is -0.592. The average molecular weight is 557 g/mol. The highest BCUT2D eigenvalue weighted by atomic mass is 16.6. The molecule has 0 saturated carbocycles. The summed E-state index contributed by atoms with van der Waals surface area (Å²) < 4.78 is 11.0. The van der Waals surface area contributed by atoms with E-state index in [4.69, 9.17) is 9.47 Å². The van der Waals surface area contributed by atoms with Crippen molar-refractivity contribution in [1.82, 2.24) is 0 Å². The van der Waals surface area contributed by atoms with Gasteiger partial charge in [-0.1, -0.05) is 125 Å². The van der Waals surface area contributed by atoms with Crippen LogP contribution in [0.25, 0.3) is 0 Å². The molecule has 0 radical (unpaired) electrons. The summed E-state index contributed by atoms with van der Waals surface area (Å²) in [7, 11) is 0. The van der Waals surface area contributed by atoms with Gasteiger partial charge in [-0.25, -0.2) is 0 Å². The van der Waals surface area contributed by atoms with Crippen LogP contribution in [0.2, 0.25) is 0 Å². The highest BCUT2D eigenvalue weighted by Crippen LogP contribution is 2.09. The molecule has 40 heavy (non-hydrogen) atoms. The summed E-state index contributed by atoms with van der Waals surface area (Å²) in [6, 6.07) is 0. The van der Waals surface area contributed by atoms with Gasteiger partial charge < -0.3 is 14.6 Å². The van der Waals surface area contributed by atoms with Crippen molar-refractivity contribution in [3.8, 4) is 0 Å². The first-order valence-electron chi connectivity index (χ1n) is 16.0. The van der Waals surface area contributed by atoms with E-state index in [9.17, 15) is 9.90 Å². The van der Waals surface area contributed by atoms with Crippen molar-refractivity contribution < 1.29 is 19.4 Å². The molecule has 4 heteroatoms. The van der Waals surface area contributed by atoms with Gasteiger partial charge in [0, 0.05) is 6.61 Å². The minimum absolute atomic E-state index is 0.207. The van der Waals surface area contributed by atoms with Crippen LogP contribution in [0.15, 0.2) is 72.9 Å². The Balaban J connectivity index is 3.66. The zero-order chi connectivity index (χ0) is 29.2. The molecule has 0 aromatic rings. The second-order valence-electron chi connectivity index (χ2n) is 10.2. The maximum Gasteiger partial charge on any atom is 0.310 e. The van der Waals surface area contributed by atoms with Gasteiger partial charge in [0.2, 0.25) is 0 Å². The molecule has 0 aromatic heterocycles. The molecule has 0 bridgehead atoms. The molecule has 0 aliphatic heterocycles. The van der Waals surface area contributed by atoms with Gasteiger partial charge in [0.15, 0.2) is 0 Å². The van der Waals surface area contributed by atoms with E-state index in [2.05, 4.69) is 74.6 Å². The van der Waals surface area contributed by atoms with Crippen LogP contribution in [-0.2, 0) is 14.3 Å². The van der Waals surface area contributed by atoms with Crippen LogP contribution >= 0.6 is 0 Å². The van der Waals surface area contributed by atoms with Crippen LogP contribution in [-0.4, -0.2) is 37.0 Å². The van der Waals surface area contributed by atoms with Gasteiger partial charge in [-0.3, -0.25) is 4.79 Å². The standard InChI is InChI=1S/C36H60O4/c1-3-5-7-9-11-13-15-17-18-19-21-23-25-27-29-31-36(38)40-35(33-37)34-39-32-30-28-26-24-22-20-16-14-12-10-8-6-4-2/h5,7,11-14,17-18,21,23,27,29,35,37H,3-4,6,8-10,15-16,19-20,22,24-26,28,30-34H2,1-2H3/b7-5-,13-11-,14-12-,18-17-,23-21-,29-27-. The number of unbranched alkanes of at least 4 members (excludes halogenated alkanes) is 9. The second-order valence-corrected chi connectivity index (χ2v) is 10.2. The smallest absolute Gasteiger partial charge is 0.310 e. The lowest BCUT2D eigenvalue weighted by atomic mass is 10.1. The molecular weight excluding hydrogens is 496 g/mol. The third kappa shape index (κ3) is 30.4. The van der Waals surface area contributed by atoms with Gasteiger partial charge in [0.05, 0.1) is 19.6 Å². The highest BCUT2D eigenvalue weighted by molar-refractivity contribution is 5.71. The van der Waals surface area contributed by atoms with E-state index in [0.717, 1.165) is 44.9 Å². The Kier molecular flexibility index (Phi) is 31.2. The number of rotatable bonds is 28. The van der Waals surface area contributed by atoms with E-state index >= 15 is 0 Å². The third-order valence-electron chi connectivity index (χ3n) is 6.30. The molecule has 1 atom stereocenters. The van der Waals surface area contributed by atoms with Crippen LogP contribution in [0, 0.1) is 0 Å². The predicted molar refractivity (Wildman–Crippen MR) is 172 cm³/mol. The predicted octanol–water partition coefficient (Wildman–Crippen LogP) is 9.92. The van der Waals surface area contributed by atoms with Crippen molar-refractivity contribution in [2.24, 2.45) is 0 Å². The summed E-state index contributed by atoms with van der Waals surface area (Å²) >= 11 is 0. The van der Waals surface area contributed by atoms with Crippen LogP contribution in [0.5, 0.6) is 0 Å². The van der Waals surface area contributed by atoms with Crippen LogP contribution in [0.3, 0.4) is 0 Å². The van der Waals surface area contributed by atoms with Gasteiger partial charge >= 0.3 is 5.97 Å². The molecule has 0 heterocycles. The maximum absolute atomic E-state index is 12.0. The number of carbonyl (C=O) groups excluding carboxylic acids is 1. The Hall–Kier alpha value is -2.17. The summed E-state index contributed by atoms with van der Waals surface area (Å²) in [5.41, 5.74) is 0. The van der Waals surface area contributed by atoms with Crippen molar-refractivity contribution in [3.05, 3.63) is 72.9 Å². The highest BCUT2D eigenvalue weighted by Gasteiger charge is 2.12. The van der Waals surface area contributed by atoms with E-state index in [0.29, 0.717) is 6.61 Å². The largest absolute Gasteiger partial charge is 0.457 e. The Morgan fingerprint density at radius 1 is 0.625 bits per heavy atom. The Labute approximate surface area is 247 Å². The van der Waals surface area contributed by atoms with Crippen molar-refractivity contribution in [2.45, 2.75) is 129 Å². The van der Waals surface area contributed by atoms with Crippen molar-refractivity contribution in [3.63, 3.8) is 0 Å². The fraction of sp³-hybridized carbons (Fsp3) is 0.639. The number of esters is 1. The molecule has 0 spiro atoms. The van der Waals surface area contributed by atoms with Crippen LogP contribution < -0.4 is 0 Å². The van der Waals surface area contributed by atoms with Crippen molar-refractivity contribution in [1.29, 1.82) is 0 Å². The lowest BCUT2D eigenvalue weighted by Crippen LogP contribution is -2.27. The van der Waals surface area contributed by atoms with E-state index in [-0.39, 0.29) is 25.6 Å². The number of ether oxygens (including phenoxy) is 2. The fourth-order valence-electron chi connectivity index (χ4n) is 3.92. The molecule has 0 fully saturated rings. The number of allylic oxidation sites excluding steroid dienone is 11. The lowest BCUT2D eigenvalue weighted by Gasteiger charge is -2.15. The second kappa shape index (κ2) is 33.0. The van der Waals surface area contributed by atoms with Gasteiger partial charge in [-0.15, -0.1) is 0 Å². The molecule has 1 N–H and O–H groups in total. The molecule has 0 amide bonds. The summed E-state index contributed by atoms with van der Waals surface area (Å²) in [6.45, 7) is 5.06. The number of hydrogen-bond acceptors (Lipinski definition) is 4. The van der Waals surface area contributed by atoms with Crippen LogP contribution in [0.4, 0.5) is 0 Å². The Bertz CT molecular complexity index is 714. The first-order valence-corrected chi connectivity index (χ1v) is 16.0. The van der Waals surface area contributed by atoms with Gasteiger partial charge in [0.1, 0.15) is 6.10 Å². The number of aliphatic hydroxyl groups is 1.